The van der Waals surface area contributed by atoms with Crippen LogP contribution in [0.5, 0.6) is 0 Å². The molecule has 0 fully saturated rings. The first-order valence-corrected chi connectivity index (χ1v) is 57.2. The van der Waals surface area contributed by atoms with Crippen molar-refractivity contribution < 1.29 is 1.43 Å². The lowest BCUT2D eigenvalue weighted by atomic mass is 11.9. The van der Waals surface area contributed by atoms with Gasteiger partial charge in [-0.05, 0) is 78.6 Å². The van der Waals surface area contributed by atoms with Crippen molar-refractivity contribution in [3.8, 4) is 0 Å². The fraction of sp³-hybridized carbons (Fsp3) is 1.00. The highest BCUT2D eigenvalue weighted by atomic mass is 36.5. The molecule has 0 nitrogen and oxygen atoms in total. The zero-order chi connectivity index (χ0) is 39.8. The third-order valence-corrected chi connectivity index (χ3v) is 0. The fourth-order valence-corrected chi connectivity index (χ4v) is 0. The standard InChI is InChI=1S/6C2H6Cl2Si.Cl4Si.Cl3HSi.Cl2H2Si.Cl2.ClH.H2/c7*1-5(2,3)4;1-4(2)3;1-3-2;1-2;;/h6*1-2H3;;4H;3H2;;2*1H. The van der Waals surface area contributed by atoms with E-state index in [1.165, 1.54) is 0 Å². The molecule has 33 heteroatoms. The highest BCUT2D eigenvalue weighted by Crippen LogP contribution is 2.23. The summed E-state index contributed by atoms with van der Waals surface area (Å²) in [5.74, 6) is 0. The average Bonchev–Trinajstić information content (AvgIpc) is 2.44. The predicted molar refractivity (Wildman–Crippen MR) is 270 cm³/mol. The fourth-order valence-electron chi connectivity index (χ4n) is 0. The summed E-state index contributed by atoms with van der Waals surface area (Å²) in [7, 11) is 7.58. The van der Waals surface area contributed by atoms with Gasteiger partial charge in [-0.1, -0.05) is 0 Å². The second kappa shape index (κ2) is 47.3. The number of hydrogen-bond donors (Lipinski definition) is 0. The second-order valence-corrected chi connectivity index (χ2v) is 82.4. The van der Waals surface area contributed by atoms with E-state index in [0.717, 1.165) is 0 Å². The molecule has 0 aliphatic heterocycles. The lowest BCUT2D eigenvalue weighted by molar-refractivity contribution is 2.06. The summed E-state index contributed by atoms with van der Waals surface area (Å²) in [6.45, 7) is 10.6. The molecule has 0 aromatic heterocycles. The van der Waals surface area contributed by atoms with Crippen molar-refractivity contribution in [2.75, 3.05) is 0 Å². The lowest BCUT2D eigenvalue weighted by Gasteiger charge is -1.93. The van der Waals surface area contributed by atoms with Crippen LogP contribution in [0.25, 0.3) is 0 Å². The molecule has 0 spiro atoms. The van der Waals surface area contributed by atoms with Gasteiger partial charge < -0.3 is 0 Å². The molecule has 0 unspecified atom stereocenters. The summed E-state index contributed by atoms with van der Waals surface area (Å²) in [6, 6.07) is 0. The largest absolute Gasteiger partial charge is 0.440 e. The summed E-state index contributed by atoms with van der Waals surface area (Å²) in [5.41, 5.74) is 0. The number of halogens is 24. The maximum absolute atomic E-state index is 5.43. The van der Waals surface area contributed by atoms with Gasteiger partial charge in [-0.15, -0.1) is 223 Å². The monoisotopic (exact) mass is 1280 g/mol. The van der Waals surface area contributed by atoms with E-state index in [4.69, 9.17) is 233 Å². The van der Waals surface area contributed by atoms with E-state index < -0.39 is 60.3 Å². The van der Waals surface area contributed by atoms with Crippen molar-refractivity contribution in [2.45, 2.75) is 78.6 Å². The van der Waals surface area contributed by atoms with Gasteiger partial charge in [0.2, 0.25) is 48.3 Å². The van der Waals surface area contributed by atoms with Crippen LogP contribution < -0.4 is 0 Å². The van der Waals surface area contributed by atoms with Crippen molar-refractivity contribution in [2.24, 2.45) is 0 Å². The van der Waals surface area contributed by atoms with Gasteiger partial charge in [0, 0.05) is 23.1 Å². The lowest BCUT2D eigenvalue weighted by Crippen LogP contribution is -2.02. The van der Waals surface area contributed by atoms with Crippen LogP contribution in [0.3, 0.4) is 0 Å². The predicted octanol–water partition coefficient (Wildman–Crippen LogP) is 19.3. The first-order chi connectivity index (χ1) is 18.1. The molecule has 0 bridgehead atoms. The summed E-state index contributed by atoms with van der Waals surface area (Å²) in [5, 5.41) is -2.72. The summed E-state index contributed by atoms with van der Waals surface area (Å²) >= 11 is 110. The van der Waals surface area contributed by atoms with E-state index in [1.54, 1.807) is 0 Å². The molecule has 0 saturated heterocycles. The normalized spacial score (nSPS) is 10.7. The Kier molecular flexibility index (Phi) is 86.1. The first-order valence-electron chi connectivity index (χ1n) is 10.4. The van der Waals surface area contributed by atoms with Gasteiger partial charge in [-0.25, -0.2) is 0 Å². The Morgan fingerprint density at radius 3 is 0.356 bits per heavy atom. The molecule has 0 rings (SSSR count). The van der Waals surface area contributed by atoms with Gasteiger partial charge in [0.25, 0.3) is 0 Å². The third kappa shape index (κ3) is 1730. The highest BCUT2D eigenvalue weighted by molar-refractivity contribution is 7.81. The molecule has 0 aliphatic rings. The van der Waals surface area contributed by atoms with Crippen LogP contribution in [0, 0.1) is 0 Å². The van der Waals surface area contributed by atoms with Crippen molar-refractivity contribution in [1.82, 2.24) is 0 Å². The van der Waals surface area contributed by atoms with Crippen LogP contribution in [-0.4, -0.2) is 60.3 Å². The molecular formula is C12H42Cl24Si9. The maximum atomic E-state index is 5.43. The van der Waals surface area contributed by atoms with Crippen LogP contribution in [0.15, 0.2) is 0 Å². The second-order valence-electron chi connectivity index (χ2n) is 8.74. The minimum Gasteiger partial charge on any atom is -0.155 e. The maximum Gasteiger partial charge on any atom is 0.440 e. The zero-order valence-electron chi connectivity index (χ0n) is 25.9. The van der Waals surface area contributed by atoms with Crippen LogP contribution >= 0.6 is 267 Å². The molecule has 0 aromatic rings. The summed E-state index contributed by atoms with van der Waals surface area (Å²) < 4.78 is 0. The number of hydrogen-bond acceptors (Lipinski definition) is 0. The van der Waals surface area contributed by atoms with E-state index in [9.17, 15) is 0 Å². The Labute approximate surface area is 400 Å². The smallest absolute Gasteiger partial charge is 0.155 e. The van der Waals surface area contributed by atoms with Crippen LogP contribution in [0.2, 0.25) is 78.6 Å². The minimum absolute atomic E-state index is 0. The third-order valence-electron chi connectivity index (χ3n) is 0. The van der Waals surface area contributed by atoms with Gasteiger partial charge in [0.05, 0.1) is 0 Å². The van der Waals surface area contributed by atoms with Crippen LogP contribution in [-0.2, 0) is 0 Å². The molecule has 0 aliphatic carbocycles. The minimum atomic E-state index is -2.72. The average molecular weight is 1290 g/mol. The molecule has 0 heterocycles. The van der Waals surface area contributed by atoms with E-state index in [0.29, 0.717) is 0 Å². The Morgan fingerprint density at radius 1 is 0.356 bits per heavy atom. The van der Waals surface area contributed by atoms with Crippen molar-refractivity contribution >= 4 is 327 Å². The van der Waals surface area contributed by atoms with Gasteiger partial charge in [0.15, 0.2) is 0 Å². The van der Waals surface area contributed by atoms with E-state index in [2.05, 4.69) is 21.7 Å². The van der Waals surface area contributed by atoms with Crippen LogP contribution in [0.4, 0.5) is 0 Å². The zero-order valence-corrected chi connectivity index (χ0v) is 53.7. The molecule has 0 radical (unpaired) electrons. The van der Waals surface area contributed by atoms with Crippen molar-refractivity contribution in [3.05, 3.63) is 0 Å². The van der Waals surface area contributed by atoms with Crippen LogP contribution in [0.1, 0.15) is 1.43 Å². The van der Waals surface area contributed by atoms with E-state index in [1.807, 2.05) is 78.6 Å². The Bertz CT molecular complexity index is 349. The van der Waals surface area contributed by atoms with Gasteiger partial charge in [0.1, 0.15) is 0 Å². The molecule has 0 aromatic carbocycles. The molecule has 0 atom stereocenters. The first kappa shape index (κ1) is 82.0. The van der Waals surface area contributed by atoms with Gasteiger partial charge in [-0.3, -0.25) is 0 Å². The summed E-state index contributed by atoms with van der Waals surface area (Å²) in [6.07, 6.45) is 0. The Morgan fingerprint density at radius 2 is 0.356 bits per heavy atom. The molecule has 0 N–H and O–H groups in total. The molecular weight excluding hydrogens is 1250 g/mol. The Hall–Kier alpha value is 8.91. The molecule has 45 heavy (non-hydrogen) atoms. The highest BCUT2D eigenvalue weighted by Gasteiger charge is 2.19. The van der Waals surface area contributed by atoms with E-state index >= 15 is 0 Å². The quantitative estimate of drug-likeness (QED) is 0.168. The van der Waals surface area contributed by atoms with Gasteiger partial charge >= 0.3 is 12.0 Å². The molecule has 0 amide bonds. The van der Waals surface area contributed by atoms with Crippen molar-refractivity contribution in [3.63, 3.8) is 0 Å². The molecule has 0 saturated carbocycles. The number of rotatable bonds is 0. The summed E-state index contributed by atoms with van der Waals surface area (Å²) in [4.78, 5) is 0. The molecule has 294 valence electrons. The topological polar surface area (TPSA) is 0 Å². The van der Waals surface area contributed by atoms with Crippen molar-refractivity contribution in [1.29, 1.82) is 0 Å². The van der Waals surface area contributed by atoms with Gasteiger partial charge in [-0.2, -0.15) is 22.2 Å². The SMILES string of the molecule is C[Si](C)(Cl)Cl.C[Si](C)(Cl)Cl.C[Si](C)(Cl)Cl.C[Si](C)(Cl)Cl.C[Si](C)(Cl)Cl.C[Si](C)(Cl)Cl.Cl.ClCl.Cl[SiH2]Cl.Cl[SiH](Cl)Cl.Cl[Si](Cl)(Cl)Cl.[HH]. The van der Waals surface area contributed by atoms with E-state index in [-0.39, 0.29) is 13.8 Å². The Balaban J connectivity index is -0.0000000280.